The molecular weight excluding hydrogens is 326 g/mol. The lowest BCUT2D eigenvalue weighted by molar-refractivity contribution is -0.154. The average molecular weight is 349 g/mol. The molecule has 136 valence electrons. The van der Waals surface area contributed by atoms with Gasteiger partial charge in [0.2, 0.25) is 12.3 Å². The van der Waals surface area contributed by atoms with Crippen LogP contribution in [0.15, 0.2) is 12.4 Å². The Morgan fingerprint density at radius 3 is 3.00 bits per heavy atom. The van der Waals surface area contributed by atoms with E-state index < -0.39 is 5.92 Å². The first-order valence-electron chi connectivity index (χ1n) is 8.19. The molecule has 0 saturated heterocycles. The van der Waals surface area contributed by atoms with Gasteiger partial charge in [-0.3, -0.25) is 25.6 Å². The number of nitrogens with zero attached hydrogens (tertiary/aromatic N) is 5. The van der Waals surface area contributed by atoms with Crippen molar-refractivity contribution in [1.29, 1.82) is 0 Å². The van der Waals surface area contributed by atoms with Gasteiger partial charge in [0, 0.05) is 11.8 Å². The van der Waals surface area contributed by atoms with Crippen LogP contribution < -0.4 is 10.9 Å². The molecule has 25 heavy (non-hydrogen) atoms. The van der Waals surface area contributed by atoms with Gasteiger partial charge in [-0.2, -0.15) is 14.6 Å². The molecule has 0 unspecified atom stereocenters. The summed E-state index contributed by atoms with van der Waals surface area (Å²) in [4.78, 5) is 31.3. The van der Waals surface area contributed by atoms with E-state index in [9.17, 15) is 14.8 Å². The van der Waals surface area contributed by atoms with E-state index >= 15 is 0 Å². The highest BCUT2D eigenvalue weighted by molar-refractivity contribution is 5.80. The molecule has 0 saturated carbocycles. The quantitative estimate of drug-likeness (QED) is 0.252. The second-order valence-corrected chi connectivity index (χ2v) is 5.79. The Morgan fingerprint density at radius 1 is 1.48 bits per heavy atom. The Bertz CT molecular complexity index is 718. The maximum Gasteiger partial charge on any atom is 0.254 e. The Hall–Kier alpha value is -2.75. The van der Waals surface area contributed by atoms with Crippen LogP contribution in [0.3, 0.4) is 0 Å². The number of hydroxylamine groups is 2. The molecule has 2 amide bonds. The Morgan fingerprint density at radius 2 is 2.28 bits per heavy atom. The number of hydrogen-bond donors (Lipinski definition) is 3. The Labute approximate surface area is 145 Å². The summed E-state index contributed by atoms with van der Waals surface area (Å²) in [5, 5.41) is 13.9. The molecule has 0 aliphatic carbocycles. The SMILES string of the molecule is CCCCC[C@H](CN(O)C=O)C(=O)NNc1cc(C)nc2ncnn12. The normalized spacial score (nSPS) is 12.0. The molecule has 1 atom stereocenters. The number of hydrazine groups is 1. The standard InChI is InChI=1S/C15H23N7O3/c1-3-4-5-6-12(8-21(25)10-23)14(24)20-19-13-7-11(2)18-15-16-9-17-22(13)15/h7,9-10,12,19,25H,3-6,8H2,1-2H3,(H,20,24)/t12-/m1/s1. The third-order valence-corrected chi connectivity index (χ3v) is 3.75. The van der Waals surface area contributed by atoms with Gasteiger partial charge in [0.25, 0.3) is 5.78 Å². The van der Waals surface area contributed by atoms with Crippen molar-refractivity contribution in [2.75, 3.05) is 12.0 Å². The summed E-state index contributed by atoms with van der Waals surface area (Å²) in [7, 11) is 0. The van der Waals surface area contributed by atoms with Crippen molar-refractivity contribution in [1.82, 2.24) is 30.1 Å². The molecule has 10 nitrogen and oxygen atoms in total. The topological polar surface area (TPSA) is 125 Å². The number of fused-ring (bicyclic) bond motifs is 1. The number of nitrogens with one attached hydrogen (secondary N) is 2. The average Bonchev–Trinajstić information content (AvgIpc) is 3.06. The second-order valence-electron chi connectivity index (χ2n) is 5.79. The van der Waals surface area contributed by atoms with E-state index in [0.29, 0.717) is 29.5 Å². The third-order valence-electron chi connectivity index (χ3n) is 3.75. The number of aromatic nitrogens is 4. The van der Waals surface area contributed by atoms with Gasteiger partial charge in [-0.1, -0.05) is 26.2 Å². The van der Waals surface area contributed by atoms with Crippen LogP contribution in [0.25, 0.3) is 5.78 Å². The summed E-state index contributed by atoms with van der Waals surface area (Å²) in [6.07, 6.45) is 5.06. The molecule has 10 heteroatoms. The van der Waals surface area contributed by atoms with E-state index in [0.717, 1.165) is 25.0 Å². The van der Waals surface area contributed by atoms with Gasteiger partial charge in [-0.25, -0.2) is 10.0 Å². The summed E-state index contributed by atoms with van der Waals surface area (Å²) < 4.78 is 1.46. The summed E-state index contributed by atoms with van der Waals surface area (Å²) in [6.45, 7) is 3.81. The van der Waals surface area contributed by atoms with Crippen molar-refractivity contribution >= 4 is 23.9 Å². The van der Waals surface area contributed by atoms with Crippen molar-refractivity contribution in [3.05, 3.63) is 18.1 Å². The van der Waals surface area contributed by atoms with Gasteiger partial charge in [0.05, 0.1) is 12.5 Å². The molecule has 2 aromatic heterocycles. The van der Waals surface area contributed by atoms with Crippen LogP contribution in [0.5, 0.6) is 0 Å². The fourth-order valence-electron chi connectivity index (χ4n) is 2.46. The molecule has 0 bridgehead atoms. The largest absolute Gasteiger partial charge is 0.286 e. The molecule has 0 fully saturated rings. The number of unbranched alkanes of at least 4 members (excludes halogenated alkanes) is 2. The van der Waals surface area contributed by atoms with E-state index in [2.05, 4.69) is 32.8 Å². The highest BCUT2D eigenvalue weighted by Gasteiger charge is 2.21. The monoisotopic (exact) mass is 349 g/mol. The van der Waals surface area contributed by atoms with E-state index in [1.54, 1.807) is 6.07 Å². The first kappa shape index (κ1) is 18.6. The fourth-order valence-corrected chi connectivity index (χ4v) is 2.46. The summed E-state index contributed by atoms with van der Waals surface area (Å²) in [6, 6.07) is 1.72. The molecule has 0 radical (unpaired) electrons. The molecule has 2 aromatic rings. The first-order chi connectivity index (χ1) is 12.0. The van der Waals surface area contributed by atoms with Crippen molar-refractivity contribution in [2.24, 2.45) is 5.92 Å². The third kappa shape index (κ3) is 5.11. The van der Waals surface area contributed by atoms with E-state index in [-0.39, 0.29) is 12.5 Å². The number of carbonyl (C=O) groups is 2. The van der Waals surface area contributed by atoms with Gasteiger partial charge >= 0.3 is 0 Å². The van der Waals surface area contributed by atoms with Crippen LogP contribution in [-0.4, -0.2) is 48.7 Å². The smallest absolute Gasteiger partial charge is 0.254 e. The number of rotatable bonds is 10. The Balaban J connectivity index is 2.03. The zero-order chi connectivity index (χ0) is 18.2. The van der Waals surface area contributed by atoms with E-state index in [1.807, 2.05) is 6.92 Å². The molecule has 3 N–H and O–H groups in total. The van der Waals surface area contributed by atoms with Crippen molar-refractivity contribution in [3.63, 3.8) is 0 Å². The lowest BCUT2D eigenvalue weighted by Crippen LogP contribution is -2.40. The number of carbonyl (C=O) groups excluding carboxylic acids is 2. The number of hydrogen-bond acceptors (Lipinski definition) is 7. The zero-order valence-electron chi connectivity index (χ0n) is 14.3. The van der Waals surface area contributed by atoms with E-state index in [4.69, 9.17) is 0 Å². The van der Waals surface area contributed by atoms with Crippen LogP contribution in [0.1, 0.15) is 38.3 Å². The lowest BCUT2D eigenvalue weighted by Gasteiger charge is -2.20. The van der Waals surface area contributed by atoms with Crippen molar-refractivity contribution in [3.8, 4) is 0 Å². The van der Waals surface area contributed by atoms with Crippen LogP contribution >= 0.6 is 0 Å². The number of aryl methyl sites for hydroxylation is 1. The van der Waals surface area contributed by atoms with Gasteiger partial charge in [0.1, 0.15) is 6.33 Å². The first-order valence-corrected chi connectivity index (χ1v) is 8.19. The molecule has 0 aliphatic heterocycles. The molecule has 2 heterocycles. The Kier molecular flexibility index (Phi) is 6.63. The number of amides is 2. The van der Waals surface area contributed by atoms with Crippen LogP contribution in [0.4, 0.5) is 5.82 Å². The summed E-state index contributed by atoms with van der Waals surface area (Å²) >= 11 is 0. The highest BCUT2D eigenvalue weighted by Crippen LogP contribution is 2.13. The van der Waals surface area contributed by atoms with Gasteiger partial charge in [-0.05, 0) is 13.3 Å². The highest BCUT2D eigenvalue weighted by atomic mass is 16.5. The summed E-state index contributed by atoms with van der Waals surface area (Å²) in [5.41, 5.74) is 6.14. The maximum atomic E-state index is 12.4. The molecular formula is C15H23N7O3. The molecule has 0 aliphatic rings. The predicted octanol–water partition coefficient (Wildman–Crippen LogP) is 0.920. The van der Waals surface area contributed by atoms with Crippen LogP contribution in [-0.2, 0) is 9.59 Å². The molecule has 2 rings (SSSR count). The minimum absolute atomic E-state index is 0.0607. The van der Waals surface area contributed by atoms with Gasteiger partial charge < -0.3 is 0 Å². The lowest BCUT2D eigenvalue weighted by atomic mass is 10.0. The van der Waals surface area contributed by atoms with Crippen LogP contribution in [0, 0.1) is 12.8 Å². The number of anilines is 1. The van der Waals surface area contributed by atoms with E-state index in [1.165, 1.54) is 10.8 Å². The zero-order valence-corrected chi connectivity index (χ0v) is 14.3. The van der Waals surface area contributed by atoms with Crippen molar-refractivity contribution in [2.45, 2.75) is 39.5 Å². The minimum atomic E-state index is -0.525. The maximum absolute atomic E-state index is 12.4. The van der Waals surface area contributed by atoms with Gasteiger partial charge in [-0.15, -0.1) is 0 Å². The minimum Gasteiger partial charge on any atom is -0.286 e. The van der Waals surface area contributed by atoms with Crippen molar-refractivity contribution < 1.29 is 14.8 Å². The van der Waals surface area contributed by atoms with Crippen LogP contribution in [0.2, 0.25) is 0 Å². The second kappa shape index (κ2) is 8.92. The van der Waals surface area contributed by atoms with Gasteiger partial charge in [0.15, 0.2) is 5.82 Å². The predicted molar refractivity (Wildman–Crippen MR) is 89.5 cm³/mol. The summed E-state index contributed by atoms with van der Waals surface area (Å²) in [5.74, 6) is 0.0822. The molecule has 0 aromatic carbocycles. The molecule has 0 spiro atoms. The fraction of sp³-hybridized carbons (Fsp3) is 0.533.